The van der Waals surface area contributed by atoms with Crippen molar-refractivity contribution in [1.82, 2.24) is 9.97 Å². The first-order valence-corrected chi connectivity index (χ1v) is 6.18. The van der Waals surface area contributed by atoms with Crippen LogP contribution in [0.4, 0.5) is 11.8 Å². The summed E-state index contributed by atoms with van der Waals surface area (Å²) in [6, 6.07) is 1.96. The third-order valence-corrected chi connectivity index (χ3v) is 3.29. The average molecular weight is 249 g/mol. The molecule has 1 saturated heterocycles. The Labute approximate surface area is 107 Å². The second-order valence-corrected chi connectivity index (χ2v) is 4.60. The van der Waals surface area contributed by atoms with Gasteiger partial charge in [0.25, 0.3) is 0 Å². The minimum atomic E-state index is -0.190. The molecule has 6 nitrogen and oxygen atoms in total. The molecule has 18 heavy (non-hydrogen) atoms. The quantitative estimate of drug-likeness (QED) is 0.816. The van der Waals surface area contributed by atoms with Crippen LogP contribution >= 0.6 is 0 Å². The Morgan fingerprint density at radius 2 is 2.11 bits per heavy atom. The van der Waals surface area contributed by atoms with Crippen LogP contribution in [0.25, 0.3) is 0 Å². The molecule has 1 aromatic heterocycles. The zero-order valence-corrected chi connectivity index (χ0v) is 10.8. The molecule has 1 aliphatic rings. The van der Waals surface area contributed by atoms with Crippen LogP contribution in [-0.2, 0) is 4.79 Å². The van der Waals surface area contributed by atoms with Crippen LogP contribution in [0.5, 0.6) is 0 Å². The molecule has 0 atom stereocenters. The first-order chi connectivity index (χ1) is 8.60. The van der Waals surface area contributed by atoms with E-state index < -0.39 is 0 Å². The number of anilines is 2. The topological polar surface area (TPSA) is 84.1 Å². The number of nitrogens with zero attached hydrogens (tertiary/aromatic N) is 3. The molecule has 3 N–H and O–H groups in total. The summed E-state index contributed by atoms with van der Waals surface area (Å²) in [5.41, 5.74) is 6.26. The molecule has 0 unspecified atom stereocenters. The van der Waals surface area contributed by atoms with Gasteiger partial charge >= 0.3 is 0 Å². The van der Waals surface area contributed by atoms with Gasteiger partial charge in [0.1, 0.15) is 5.82 Å². The summed E-state index contributed by atoms with van der Waals surface area (Å²) in [6.45, 7) is 3.57. The van der Waals surface area contributed by atoms with Gasteiger partial charge in [-0.15, -0.1) is 0 Å². The number of nitrogens with one attached hydrogen (secondary N) is 1. The maximum Gasteiger partial charge on any atom is 0.224 e. The van der Waals surface area contributed by atoms with Gasteiger partial charge in [0.05, 0.1) is 0 Å². The van der Waals surface area contributed by atoms with Crippen molar-refractivity contribution in [2.75, 3.05) is 30.4 Å². The van der Waals surface area contributed by atoms with E-state index in [-0.39, 0.29) is 11.8 Å². The molecule has 0 bridgehead atoms. The normalized spacial score (nSPS) is 16.7. The van der Waals surface area contributed by atoms with Gasteiger partial charge in [-0.05, 0) is 19.8 Å². The van der Waals surface area contributed by atoms with E-state index in [0.29, 0.717) is 5.95 Å². The minimum Gasteiger partial charge on any atom is -0.369 e. The van der Waals surface area contributed by atoms with Crippen molar-refractivity contribution >= 4 is 17.7 Å². The average Bonchev–Trinajstić information content (AvgIpc) is 2.38. The van der Waals surface area contributed by atoms with Gasteiger partial charge in [-0.3, -0.25) is 4.79 Å². The molecule has 6 heteroatoms. The lowest BCUT2D eigenvalue weighted by Gasteiger charge is -2.31. The lowest BCUT2D eigenvalue weighted by molar-refractivity contribution is -0.122. The van der Waals surface area contributed by atoms with Crippen LogP contribution in [-0.4, -0.2) is 36.0 Å². The van der Waals surface area contributed by atoms with Crippen molar-refractivity contribution in [2.45, 2.75) is 19.8 Å². The summed E-state index contributed by atoms with van der Waals surface area (Å²) in [6.07, 6.45) is 1.60. The van der Waals surface area contributed by atoms with E-state index in [1.54, 1.807) is 7.05 Å². The molecule has 1 aromatic rings. The number of primary amides is 1. The number of hydrogen-bond acceptors (Lipinski definition) is 5. The van der Waals surface area contributed by atoms with E-state index in [1.165, 1.54) is 0 Å². The number of aromatic nitrogens is 2. The summed E-state index contributed by atoms with van der Waals surface area (Å²) in [4.78, 5) is 22.0. The number of piperidine rings is 1. The number of carbonyl (C=O) groups is 1. The molecule has 0 aromatic carbocycles. The van der Waals surface area contributed by atoms with E-state index in [2.05, 4.69) is 20.2 Å². The van der Waals surface area contributed by atoms with E-state index in [0.717, 1.165) is 37.4 Å². The lowest BCUT2D eigenvalue weighted by Crippen LogP contribution is -2.39. The number of carbonyl (C=O) groups excluding carboxylic acids is 1. The van der Waals surface area contributed by atoms with Gasteiger partial charge in [-0.2, -0.15) is 4.98 Å². The fraction of sp³-hybridized carbons (Fsp3) is 0.583. The molecule has 2 rings (SSSR count). The molecule has 98 valence electrons. The highest BCUT2D eigenvalue weighted by Gasteiger charge is 2.24. The van der Waals surface area contributed by atoms with Gasteiger partial charge in [-0.1, -0.05) is 0 Å². The molecule has 1 fully saturated rings. The zero-order valence-electron chi connectivity index (χ0n) is 10.8. The maximum absolute atomic E-state index is 11.1. The van der Waals surface area contributed by atoms with Crippen molar-refractivity contribution in [1.29, 1.82) is 0 Å². The third kappa shape index (κ3) is 2.69. The SMILES string of the molecule is CNc1nc(C)cc(N2CCC(C(N)=O)CC2)n1. The van der Waals surface area contributed by atoms with Crippen molar-refractivity contribution in [2.24, 2.45) is 11.7 Å². The predicted octanol–water partition coefficient (Wildman–Crippen LogP) is 0.528. The molecule has 0 radical (unpaired) electrons. The maximum atomic E-state index is 11.1. The molecular weight excluding hydrogens is 230 g/mol. The van der Waals surface area contributed by atoms with Crippen LogP contribution in [0, 0.1) is 12.8 Å². The van der Waals surface area contributed by atoms with E-state index >= 15 is 0 Å². The van der Waals surface area contributed by atoms with Gasteiger partial charge in [-0.25, -0.2) is 4.98 Å². The Kier molecular flexibility index (Phi) is 3.64. The molecule has 0 saturated carbocycles. The highest BCUT2D eigenvalue weighted by atomic mass is 16.1. The molecule has 2 heterocycles. The Morgan fingerprint density at radius 3 is 2.67 bits per heavy atom. The Balaban J connectivity index is 2.09. The second-order valence-electron chi connectivity index (χ2n) is 4.60. The fourth-order valence-electron chi connectivity index (χ4n) is 2.22. The van der Waals surface area contributed by atoms with Gasteiger partial charge in [0.15, 0.2) is 0 Å². The Morgan fingerprint density at radius 1 is 1.44 bits per heavy atom. The van der Waals surface area contributed by atoms with Crippen molar-refractivity contribution in [3.8, 4) is 0 Å². The van der Waals surface area contributed by atoms with E-state index in [4.69, 9.17) is 5.73 Å². The summed E-state index contributed by atoms with van der Waals surface area (Å²) >= 11 is 0. The van der Waals surface area contributed by atoms with Crippen LogP contribution in [0.3, 0.4) is 0 Å². The van der Waals surface area contributed by atoms with Crippen LogP contribution < -0.4 is 16.0 Å². The van der Waals surface area contributed by atoms with Crippen LogP contribution in [0.15, 0.2) is 6.07 Å². The molecule has 1 aliphatic heterocycles. The minimum absolute atomic E-state index is 0.00737. The van der Waals surface area contributed by atoms with Crippen molar-refractivity contribution < 1.29 is 4.79 Å². The lowest BCUT2D eigenvalue weighted by atomic mass is 9.96. The zero-order chi connectivity index (χ0) is 13.1. The molecule has 1 amide bonds. The van der Waals surface area contributed by atoms with Crippen LogP contribution in [0.2, 0.25) is 0 Å². The summed E-state index contributed by atoms with van der Waals surface area (Å²) in [5, 5.41) is 2.95. The standard InChI is InChI=1S/C12H19N5O/c1-8-7-10(16-12(14-2)15-8)17-5-3-9(4-6-17)11(13)18/h7,9H,3-6H2,1-2H3,(H2,13,18)(H,14,15,16). The number of amides is 1. The predicted molar refractivity (Wildman–Crippen MR) is 70.4 cm³/mol. The van der Waals surface area contributed by atoms with Gasteiger partial charge in [0, 0.05) is 37.8 Å². The Bertz CT molecular complexity index is 440. The second kappa shape index (κ2) is 5.20. The highest BCUT2D eigenvalue weighted by Crippen LogP contribution is 2.22. The number of aryl methyl sites for hydroxylation is 1. The van der Waals surface area contributed by atoms with Gasteiger partial charge in [0.2, 0.25) is 11.9 Å². The number of rotatable bonds is 3. The highest BCUT2D eigenvalue weighted by molar-refractivity contribution is 5.77. The first-order valence-electron chi connectivity index (χ1n) is 6.18. The fourth-order valence-corrected chi connectivity index (χ4v) is 2.22. The van der Waals surface area contributed by atoms with E-state index in [1.807, 2.05) is 13.0 Å². The Hall–Kier alpha value is -1.85. The smallest absolute Gasteiger partial charge is 0.224 e. The van der Waals surface area contributed by atoms with E-state index in [9.17, 15) is 4.79 Å². The molecular formula is C12H19N5O. The molecule has 0 aliphatic carbocycles. The first kappa shape index (κ1) is 12.6. The summed E-state index contributed by atoms with van der Waals surface area (Å²) in [7, 11) is 1.80. The third-order valence-electron chi connectivity index (χ3n) is 3.29. The monoisotopic (exact) mass is 249 g/mol. The van der Waals surface area contributed by atoms with Crippen molar-refractivity contribution in [3.63, 3.8) is 0 Å². The largest absolute Gasteiger partial charge is 0.369 e. The molecule has 0 spiro atoms. The van der Waals surface area contributed by atoms with Crippen molar-refractivity contribution in [3.05, 3.63) is 11.8 Å². The summed E-state index contributed by atoms with van der Waals surface area (Å²) < 4.78 is 0. The number of hydrogen-bond donors (Lipinski definition) is 2. The van der Waals surface area contributed by atoms with Gasteiger partial charge < -0.3 is 16.0 Å². The van der Waals surface area contributed by atoms with Crippen LogP contribution in [0.1, 0.15) is 18.5 Å². The number of nitrogens with two attached hydrogens (primary N) is 1. The summed E-state index contributed by atoms with van der Waals surface area (Å²) in [5.74, 6) is 1.36.